The molecule has 3 aromatic rings. The fourth-order valence-electron chi connectivity index (χ4n) is 4.13. The average molecular weight is 481 g/mol. The second-order valence-electron chi connectivity index (χ2n) is 8.17. The lowest BCUT2D eigenvalue weighted by Crippen LogP contribution is -2.36. The van der Waals surface area contributed by atoms with Gasteiger partial charge in [0.2, 0.25) is 0 Å². The smallest absolute Gasteiger partial charge is 0.381 e. The third kappa shape index (κ3) is 4.97. The number of carbonyl (C=O) groups is 1. The number of hydrogen-bond acceptors (Lipinski definition) is 6. The highest BCUT2D eigenvalue weighted by atomic mass is 19.4. The van der Waals surface area contributed by atoms with Crippen molar-refractivity contribution in [2.24, 2.45) is 0 Å². The molecule has 0 unspecified atom stereocenters. The number of rotatable bonds is 4. The largest absolute Gasteiger partial charge is 0.433 e. The fourth-order valence-corrected chi connectivity index (χ4v) is 4.13. The number of fused-ring (bicyclic) bond motifs is 1. The van der Waals surface area contributed by atoms with Gasteiger partial charge < -0.3 is 20.3 Å². The van der Waals surface area contributed by atoms with E-state index in [-0.39, 0.29) is 5.69 Å². The van der Waals surface area contributed by atoms with Gasteiger partial charge in [-0.25, -0.2) is 0 Å². The van der Waals surface area contributed by atoms with Crippen LogP contribution in [0.5, 0.6) is 0 Å². The van der Waals surface area contributed by atoms with Crippen molar-refractivity contribution >= 4 is 28.5 Å². The van der Waals surface area contributed by atoms with Crippen molar-refractivity contribution in [3.63, 3.8) is 0 Å². The van der Waals surface area contributed by atoms with Gasteiger partial charge in [0.05, 0.1) is 25.1 Å². The maximum atomic E-state index is 13.1. The molecular formula is C25H22F3N5O2. The van der Waals surface area contributed by atoms with Gasteiger partial charge in [0.15, 0.2) is 0 Å². The molecule has 1 aromatic carbocycles. The predicted octanol–water partition coefficient (Wildman–Crippen LogP) is 4.45. The SMILES string of the molecule is O=C(Nc1ccnc(C(F)(F)F)c1)C1=CCNc2ccc(-c3cncc(N4CCOCC4)c3)cc21. The van der Waals surface area contributed by atoms with Gasteiger partial charge in [0, 0.05) is 60.1 Å². The highest BCUT2D eigenvalue weighted by molar-refractivity contribution is 6.27. The number of nitrogens with zero attached hydrogens (tertiary/aromatic N) is 3. The maximum Gasteiger partial charge on any atom is 0.433 e. The Hall–Kier alpha value is -3.92. The van der Waals surface area contributed by atoms with Crippen LogP contribution in [0.1, 0.15) is 11.3 Å². The molecule has 0 bridgehead atoms. The third-order valence-electron chi connectivity index (χ3n) is 5.89. The van der Waals surface area contributed by atoms with Crippen molar-refractivity contribution in [1.82, 2.24) is 9.97 Å². The minimum absolute atomic E-state index is 0.0249. The summed E-state index contributed by atoms with van der Waals surface area (Å²) in [4.78, 5) is 23.0. The average Bonchev–Trinajstić information content (AvgIpc) is 2.88. The van der Waals surface area contributed by atoms with E-state index in [0.717, 1.165) is 47.9 Å². The van der Waals surface area contributed by atoms with Gasteiger partial charge in [-0.2, -0.15) is 13.2 Å². The molecule has 7 nitrogen and oxygen atoms in total. The summed E-state index contributed by atoms with van der Waals surface area (Å²) >= 11 is 0. The van der Waals surface area contributed by atoms with Crippen LogP contribution in [-0.4, -0.2) is 48.7 Å². The van der Waals surface area contributed by atoms with Gasteiger partial charge in [-0.1, -0.05) is 12.1 Å². The highest BCUT2D eigenvalue weighted by Gasteiger charge is 2.32. The second kappa shape index (κ2) is 9.38. The van der Waals surface area contributed by atoms with E-state index >= 15 is 0 Å². The number of carbonyl (C=O) groups excluding carboxylic acids is 1. The Morgan fingerprint density at radius 1 is 1.06 bits per heavy atom. The lowest BCUT2D eigenvalue weighted by atomic mass is 9.95. The Bertz CT molecular complexity index is 1290. The number of ether oxygens (including phenoxy) is 1. The van der Waals surface area contributed by atoms with Gasteiger partial charge >= 0.3 is 6.18 Å². The zero-order valence-corrected chi connectivity index (χ0v) is 18.6. The summed E-state index contributed by atoms with van der Waals surface area (Å²) in [6.07, 6.45) is 1.73. The third-order valence-corrected chi connectivity index (χ3v) is 5.89. The number of pyridine rings is 2. The van der Waals surface area contributed by atoms with Crippen LogP contribution in [-0.2, 0) is 15.7 Å². The maximum absolute atomic E-state index is 13.1. The molecular weight excluding hydrogens is 459 g/mol. The molecule has 0 radical (unpaired) electrons. The Balaban J connectivity index is 1.41. The molecule has 0 atom stereocenters. The van der Waals surface area contributed by atoms with Crippen LogP contribution in [0.4, 0.5) is 30.2 Å². The lowest BCUT2D eigenvalue weighted by Gasteiger charge is -2.28. The zero-order valence-electron chi connectivity index (χ0n) is 18.6. The Morgan fingerprint density at radius 2 is 1.89 bits per heavy atom. The van der Waals surface area contributed by atoms with Crippen LogP contribution in [0.25, 0.3) is 16.7 Å². The van der Waals surface area contributed by atoms with Crippen molar-refractivity contribution in [3.8, 4) is 11.1 Å². The minimum atomic E-state index is -4.60. The molecule has 4 heterocycles. The quantitative estimate of drug-likeness (QED) is 0.574. The first kappa shape index (κ1) is 22.9. The summed E-state index contributed by atoms with van der Waals surface area (Å²) in [5.41, 5.74) is 3.53. The van der Waals surface area contributed by atoms with E-state index in [1.165, 1.54) is 6.07 Å². The summed E-state index contributed by atoms with van der Waals surface area (Å²) in [7, 11) is 0. The molecule has 0 spiro atoms. The van der Waals surface area contributed by atoms with Gasteiger partial charge in [0.1, 0.15) is 5.69 Å². The van der Waals surface area contributed by atoms with Crippen LogP contribution < -0.4 is 15.5 Å². The summed E-state index contributed by atoms with van der Waals surface area (Å²) in [6, 6.07) is 9.93. The predicted molar refractivity (Wildman–Crippen MR) is 127 cm³/mol. The Kier molecular flexibility index (Phi) is 6.12. The summed E-state index contributed by atoms with van der Waals surface area (Å²) in [5, 5.41) is 5.80. The summed E-state index contributed by atoms with van der Waals surface area (Å²) in [5.74, 6) is -0.496. The van der Waals surface area contributed by atoms with Crippen molar-refractivity contribution in [1.29, 1.82) is 0 Å². The summed E-state index contributed by atoms with van der Waals surface area (Å²) < 4.78 is 44.4. The molecule has 1 fully saturated rings. The molecule has 2 N–H and O–H groups in total. The van der Waals surface area contributed by atoms with E-state index in [9.17, 15) is 18.0 Å². The topological polar surface area (TPSA) is 79.4 Å². The first-order valence-electron chi connectivity index (χ1n) is 11.1. The highest BCUT2D eigenvalue weighted by Crippen LogP contribution is 2.34. The van der Waals surface area contributed by atoms with Gasteiger partial charge in [-0.15, -0.1) is 0 Å². The number of nitrogens with one attached hydrogen (secondary N) is 2. The van der Waals surface area contributed by atoms with E-state index in [1.54, 1.807) is 12.3 Å². The number of alkyl halides is 3. The van der Waals surface area contributed by atoms with E-state index < -0.39 is 17.8 Å². The Labute approximate surface area is 199 Å². The lowest BCUT2D eigenvalue weighted by molar-refractivity contribution is -0.141. The van der Waals surface area contributed by atoms with Crippen LogP contribution in [0.3, 0.4) is 0 Å². The normalized spacial score (nSPS) is 15.6. The monoisotopic (exact) mass is 481 g/mol. The molecule has 10 heteroatoms. The molecule has 0 saturated carbocycles. The molecule has 35 heavy (non-hydrogen) atoms. The van der Waals surface area contributed by atoms with Gasteiger partial charge in [-0.3, -0.25) is 14.8 Å². The van der Waals surface area contributed by atoms with Crippen LogP contribution >= 0.6 is 0 Å². The molecule has 5 rings (SSSR count). The molecule has 0 aliphatic carbocycles. The number of halogens is 3. The van der Waals surface area contributed by atoms with Gasteiger partial charge in [-0.05, 0) is 35.9 Å². The molecule has 2 aliphatic rings. The number of aromatic nitrogens is 2. The second-order valence-corrected chi connectivity index (χ2v) is 8.17. The van der Waals surface area contributed by atoms with Crippen molar-refractivity contribution in [2.75, 3.05) is 48.4 Å². The van der Waals surface area contributed by atoms with Crippen molar-refractivity contribution in [2.45, 2.75) is 6.18 Å². The number of morpholine rings is 1. The molecule has 180 valence electrons. The van der Waals surface area contributed by atoms with E-state index in [4.69, 9.17) is 4.74 Å². The first-order chi connectivity index (χ1) is 16.9. The molecule has 2 aromatic heterocycles. The van der Waals surface area contributed by atoms with E-state index in [2.05, 4.69) is 31.6 Å². The number of benzene rings is 1. The van der Waals surface area contributed by atoms with Crippen LogP contribution in [0, 0.1) is 0 Å². The van der Waals surface area contributed by atoms with Crippen molar-refractivity contribution in [3.05, 3.63) is 72.3 Å². The van der Waals surface area contributed by atoms with E-state index in [1.807, 2.05) is 24.4 Å². The Morgan fingerprint density at radius 3 is 2.69 bits per heavy atom. The molecule has 1 amide bonds. The van der Waals surface area contributed by atoms with Crippen molar-refractivity contribution < 1.29 is 22.7 Å². The van der Waals surface area contributed by atoms with Crippen LogP contribution in [0.2, 0.25) is 0 Å². The number of amides is 1. The standard InChI is InChI=1S/C25H22F3N5O2/c26-25(27,28)23-13-18(3-5-31-23)32-24(34)20-4-6-30-22-2-1-16(12-21(20)22)17-11-19(15-29-14-17)33-7-9-35-10-8-33/h1-5,11-15,30H,6-10H2,(H,31,32,34). The number of hydrogen-bond donors (Lipinski definition) is 2. The molecule has 1 saturated heterocycles. The van der Waals surface area contributed by atoms with Gasteiger partial charge in [0.25, 0.3) is 5.91 Å². The summed E-state index contributed by atoms with van der Waals surface area (Å²) in [6.45, 7) is 3.34. The molecule has 2 aliphatic heterocycles. The first-order valence-corrected chi connectivity index (χ1v) is 11.1. The fraction of sp³-hybridized carbons (Fsp3) is 0.240. The number of anilines is 3. The minimum Gasteiger partial charge on any atom is -0.381 e. The van der Waals surface area contributed by atoms with Crippen LogP contribution in [0.15, 0.2) is 61.1 Å². The zero-order chi connectivity index (χ0) is 24.4. The van der Waals surface area contributed by atoms with E-state index in [0.29, 0.717) is 30.9 Å².